The molecule has 1 N–H and O–H groups in total. The quantitative estimate of drug-likeness (QED) is 0.483. The van der Waals surface area contributed by atoms with Gasteiger partial charge in [0.2, 0.25) is 0 Å². The number of hydrogen-bond donors (Lipinski definition) is 1. The van der Waals surface area contributed by atoms with E-state index in [2.05, 4.69) is 6.92 Å². The van der Waals surface area contributed by atoms with Crippen molar-refractivity contribution in [3.63, 3.8) is 0 Å². The molecule has 0 rings (SSSR count). The third-order valence-corrected chi connectivity index (χ3v) is 0.512. The maximum absolute atomic E-state index is 8.07. The molecule has 1 nitrogen and oxygen atoms in total. The molecule has 0 saturated heterocycles. The Morgan fingerprint density at radius 2 is 1.86 bits per heavy atom. The molecule has 46 valence electrons. The van der Waals surface area contributed by atoms with E-state index in [1.54, 1.807) is 0 Å². The highest BCUT2D eigenvalue weighted by atomic mass is 19.0. The Labute approximate surface area is 45.7 Å². The molecule has 0 fully saturated rings. The zero-order valence-corrected chi connectivity index (χ0v) is 3.98. The Morgan fingerprint density at radius 3 is 1.86 bits per heavy atom. The lowest BCUT2D eigenvalue weighted by Crippen LogP contribution is -1.75. The largest absolute Gasteiger partial charge is 0.396 e. The van der Waals surface area contributed by atoms with Gasteiger partial charge in [-0.25, -0.2) is 0 Å². The maximum Gasteiger partial charge on any atom is 0.0814 e. The van der Waals surface area contributed by atoms with Crippen LogP contribution in [0, 0.1) is 0 Å². The Kier molecular flexibility index (Phi) is 37.7. The predicted octanol–water partition coefficient (Wildman–Crippen LogP) is -0.253. The second-order valence-electron chi connectivity index (χ2n) is 1.08. The van der Waals surface area contributed by atoms with Gasteiger partial charge in [-0.1, -0.05) is 13.3 Å². The highest BCUT2D eigenvalue weighted by molar-refractivity contribution is 5.75. The smallest absolute Gasteiger partial charge is 0.0814 e. The van der Waals surface area contributed by atoms with Crippen LogP contribution in [0.4, 0.5) is 4.70 Å². The van der Waals surface area contributed by atoms with Crippen molar-refractivity contribution in [1.82, 2.24) is 0 Å². The molecule has 7 heavy (non-hydrogen) atoms. The van der Waals surface area contributed by atoms with Crippen LogP contribution in [0.3, 0.4) is 0 Å². The summed E-state index contributed by atoms with van der Waals surface area (Å²) in [4.78, 5) is 0. The van der Waals surface area contributed by atoms with E-state index < -0.39 is 0 Å². The van der Waals surface area contributed by atoms with Crippen LogP contribution < -0.4 is 0 Å². The zero-order valence-electron chi connectivity index (χ0n) is 3.98. The molecule has 0 saturated carbocycles. The summed E-state index contributed by atoms with van der Waals surface area (Å²) in [6, 6.07) is 0. The number of aliphatic hydroxyl groups excluding tert-OH is 1. The van der Waals surface area contributed by atoms with Crippen molar-refractivity contribution < 1.29 is 9.81 Å². The molecule has 0 aromatic carbocycles. The van der Waals surface area contributed by atoms with Crippen molar-refractivity contribution in [1.29, 1.82) is 0 Å². The number of aliphatic hydroxyl groups is 1. The lowest BCUT2D eigenvalue weighted by molar-refractivity contribution is 0.287. The van der Waals surface area contributed by atoms with E-state index in [0.29, 0.717) is 6.61 Å². The summed E-state index contributed by atoms with van der Waals surface area (Å²) < 4.78 is 0. The first-order chi connectivity index (χ1) is 2.41. The summed E-state index contributed by atoms with van der Waals surface area (Å²) in [5.41, 5.74) is 0. The molecule has 0 bridgehead atoms. The van der Waals surface area contributed by atoms with Crippen molar-refractivity contribution >= 4 is 8.41 Å². The average Bonchev–Trinajstić information content (AvgIpc) is 1.41. The average molecular weight is 108 g/mol. The molecule has 0 spiro atoms. The lowest BCUT2D eigenvalue weighted by atomic mass is 10.4. The van der Waals surface area contributed by atoms with Gasteiger partial charge in [-0.15, -0.1) is 0 Å². The van der Waals surface area contributed by atoms with E-state index in [0.717, 1.165) is 12.8 Å². The van der Waals surface area contributed by atoms with Gasteiger partial charge in [0.1, 0.15) is 0 Å². The first-order valence-electron chi connectivity index (χ1n) is 2.02. The third-order valence-electron chi connectivity index (χ3n) is 0.512. The molecule has 0 aliphatic carbocycles. The fourth-order valence-corrected chi connectivity index (χ4v) is 0.158. The monoisotopic (exact) mass is 108 g/mol. The van der Waals surface area contributed by atoms with E-state index >= 15 is 0 Å². The molecule has 0 aromatic rings. The van der Waals surface area contributed by atoms with E-state index in [4.69, 9.17) is 5.11 Å². The van der Waals surface area contributed by atoms with E-state index in [-0.39, 0.29) is 13.1 Å². The molecule has 0 aromatic heterocycles. The zero-order chi connectivity index (χ0) is 4.12. The minimum absolute atomic E-state index is 0. The lowest BCUT2D eigenvalue weighted by Gasteiger charge is -1.79. The van der Waals surface area contributed by atoms with Crippen LogP contribution in [0.2, 0.25) is 0 Å². The Balaban J connectivity index is -0.0000000800. The predicted molar refractivity (Wildman–Crippen MR) is 34.4 cm³/mol. The number of hydrogen-bond acceptors (Lipinski definition) is 1. The standard InChI is InChI=1S/C4H10O.BH3.FH/c1-2-3-4-5;;/h5H,2-4H2,1H3;1H3;1H. The van der Waals surface area contributed by atoms with Crippen molar-refractivity contribution in [2.45, 2.75) is 19.8 Å². The molecule has 0 unspecified atom stereocenters. The highest BCUT2D eigenvalue weighted by Gasteiger charge is 1.69. The molecule has 0 atom stereocenters. The van der Waals surface area contributed by atoms with Gasteiger partial charge in [-0.05, 0) is 6.42 Å². The Hall–Kier alpha value is -0.0451. The molecular weight excluding hydrogens is 93.9 g/mol. The van der Waals surface area contributed by atoms with E-state index in [9.17, 15) is 0 Å². The van der Waals surface area contributed by atoms with Gasteiger partial charge in [0.25, 0.3) is 0 Å². The normalized spacial score (nSPS) is 6.00. The third kappa shape index (κ3) is 24.4. The van der Waals surface area contributed by atoms with Gasteiger partial charge in [0, 0.05) is 6.61 Å². The van der Waals surface area contributed by atoms with Crippen LogP contribution in [-0.2, 0) is 0 Å². The molecule has 0 amide bonds. The highest BCUT2D eigenvalue weighted by Crippen LogP contribution is 1.78. The van der Waals surface area contributed by atoms with Crippen LogP contribution >= 0.6 is 0 Å². The second-order valence-corrected chi connectivity index (χ2v) is 1.08. The van der Waals surface area contributed by atoms with Gasteiger partial charge in [0.15, 0.2) is 0 Å². The topological polar surface area (TPSA) is 20.2 Å². The summed E-state index contributed by atoms with van der Waals surface area (Å²) in [5, 5.41) is 8.07. The molecule has 3 heteroatoms. The second kappa shape index (κ2) is 16.7. The summed E-state index contributed by atoms with van der Waals surface area (Å²) in [6.45, 7) is 2.40. The molecule has 0 aliphatic rings. The van der Waals surface area contributed by atoms with Gasteiger partial charge < -0.3 is 5.11 Å². The van der Waals surface area contributed by atoms with Gasteiger partial charge in [-0.2, -0.15) is 0 Å². The minimum Gasteiger partial charge on any atom is -0.396 e. The van der Waals surface area contributed by atoms with Gasteiger partial charge >= 0.3 is 0 Å². The van der Waals surface area contributed by atoms with E-state index in [1.807, 2.05) is 0 Å². The number of unbranched alkanes of at least 4 members (excludes halogenated alkanes) is 1. The Bertz CT molecular complexity index is 19.2. The summed E-state index contributed by atoms with van der Waals surface area (Å²) in [6.07, 6.45) is 2.04. The van der Waals surface area contributed by atoms with Crippen LogP contribution in [-0.4, -0.2) is 20.1 Å². The van der Waals surface area contributed by atoms with Crippen LogP contribution in [0.25, 0.3) is 0 Å². The Morgan fingerprint density at radius 1 is 1.43 bits per heavy atom. The molecular formula is C4H14BFO. The number of halogens is 1. The van der Waals surface area contributed by atoms with Gasteiger partial charge in [0.05, 0.1) is 8.41 Å². The van der Waals surface area contributed by atoms with Crippen LogP contribution in [0.1, 0.15) is 19.8 Å². The van der Waals surface area contributed by atoms with Crippen LogP contribution in [0.15, 0.2) is 0 Å². The summed E-state index contributed by atoms with van der Waals surface area (Å²) in [7, 11) is 0. The first-order valence-corrected chi connectivity index (χ1v) is 2.02. The van der Waals surface area contributed by atoms with Crippen molar-refractivity contribution in [3.8, 4) is 0 Å². The fourth-order valence-electron chi connectivity index (χ4n) is 0.158. The van der Waals surface area contributed by atoms with E-state index in [1.165, 1.54) is 0 Å². The summed E-state index contributed by atoms with van der Waals surface area (Å²) >= 11 is 0. The maximum atomic E-state index is 8.07. The van der Waals surface area contributed by atoms with Crippen molar-refractivity contribution in [2.24, 2.45) is 0 Å². The van der Waals surface area contributed by atoms with Gasteiger partial charge in [-0.3, -0.25) is 4.70 Å². The SMILES string of the molecule is B.CCCCO.F. The molecule has 0 radical (unpaired) electrons. The molecule has 0 heterocycles. The minimum atomic E-state index is 0. The summed E-state index contributed by atoms with van der Waals surface area (Å²) in [5.74, 6) is 0. The fraction of sp³-hybridized carbons (Fsp3) is 1.00. The van der Waals surface area contributed by atoms with Crippen molar-refractivity contribution in [3.05, 3.63) is 0 Å². The first kappa shape index (κ1) is 15.8. The van der Waals surface area contributed by atoms with Crippen molar-refractivity contribution in [2.75, 3.05) is 6.61 Å². The number of rotatable bonds is 2. The van der Waals surface area contributed by atoms with Crippen LogP contribution in [0.5, 0.6) is 0 Å². The molecule has 0 aliphatic heterocycles.